The number of fused-ring (bicyclic) bond motifs is 1. The highest BCUT2D eigenvalue weighted by Gasteiger charge is 2.29. The lowest BCUT2D eigenvalue weighted by Crippen LogP contribution is -2.12. The highest BCUT2D eigenvalue weighted by atomic mass is 32.2. The van der Waals surface area contributed by atoms with Gasteiger partial charge < -0.3 is 9.84 Å². The minimum Gasteiger partial charge on any atom is -0.479 e. The predicted octanol–water partition coefficient (Wildman–Crippen LogP) is 0.237. The Morgan fingerprint density at radius 1 is 1.38 bits per heavy atom. The Kier molecular flexibility index (Phi) is 2.39. The maximum atomic E-state index is 11.5. The van der Waals surface area contributed by atoms with Gasteiger partial charge in [0.25, 0.3) is 10.0 Å². The molecular formula is C9H7NO5S. The van der Waals surface area contributed by atoms with Crippen molar-refractivity contribution >= 4 is 21.9 Å². The molecule has 0 fully saturated rings. The van der Waals surface area contributed by atoms with Gasteiger partial charge in [-0.05, 0) is 12.1 Å². The van der Waals surface area contributed by atoms with Crippen molar-refractivity contribution < 1.29 is 23.1 Å². The lowest BCUT2D eigenvalue weighted by molar-refractivity contribution is -0.139. The van der Waals surface area contributed by atoms with Gasteiger partial charge in [0.05, 0.1) is 5.56 Å². The lowest BCUT2D eigenvalue weighted by atomic mass is 10.2. The van der Waals surface area contributed by atoms with E-state index in [4.69, 9.17) is 9.84 Å². The van der Waals surface area contributed by atoms with Crippen LogP contribution < -0.4 is 0 Å². The molecule has 0 aliphatic carbocycles. The average Bonchev–Trinajstić information content (AvgIpc) is 2.49. The number of benzene rings is 1. The van der Waals surface area contributed by atoms with Crippen LogP contribution in [0.4, 0.5) is 0 Å². The molecule has 6 nitrogen and oxygen atoms in total. The fraction of sp³-hybridized carbons (Fsp3) is 0.111. The van der Waals surface area contributed by atoms with Crippen LogP contribution in [0.25, 0.3) is 0 Å². The van der Waals surface area contributed by atoms with Crippen molar-refractivity contribution in [2.75, 3.05) is 6.61 Å². The van der Waals surface area contributed by atoms with Gasteiger partial charge in [0.1, 0.15) is 4.90 Å². The van der Waals surface area contributed by atoms with E-state index in [0.717, 1.165) is 0 Å². The molecule has 0 bridgehead atoms. The standard InChI is InChI=1S/C9H7NO5S/c11-8(12)5-15-9-6-3-1-2-4-7(6)16(13,14)10-9/h1-4H,5H2,(H,11,12). The van der Waals surface area contributed by atoms with Gasteiger partial charge in [0, 0.05) is 0 Å². The van der Waals surface area contributed by atoms with Gasteiger partial charge in [0.2, 0.25) is 5.90 Å². The minimum atomic E-state index is -3.73. The Hall–Kier alpha value is -1.89. The molecule has 1 N–H and O–H groups in total. The van der Waals surface area contributed by atoms with E-state index in [1.54, 1.807) is 12.1 Å². The van der Waals surface area contributed by atoms with E-state index in [1.165, 1.54) is 12.1 Å². The summed E-state index contributed by atoms with van der Waals surface area (Å²) in [6.45, 7) is -0.622. The van der Waals surface area contributed by atoms with Crippen LogP contribution in [0.1, 0.15) is 5.56 Å². The molecule has 1 aromatic rings. The molecule has 1 aliphatic rings. The number of carboxylic acids is 1. The summed E-state index contributed by atoms with van der Waals surface area (Å²) in [5.74, 6) is -1.36. The van der Waals surface area contributed by atoms with E-state index in [1.807, 2.05) is 0 Å². The van der Waals surface area contributed by atoms with E-state index < -0.39 is 22.6 Å². The number of hydrogen-bond donors (Lipinski definition) is 1. The molecule has 0 aromatic heterocycles. The number of hydrogen-bond acceptors (Lipinski definition) is 4. The van der Waals surface area contributed by atoms with E-state index >= 15 is 0 Å². The zero-order chi connectivity index (χ0) is 11.8. The van der Waals surface area contributed by atoms with Crippen LogP contribution in [0, 0.1) is 0 Å². The van der Waals surface area contributed by atoms with Crippen LogP contribution in [-0.4, -0.2) is 32.0 Å². The largest absolute Gasteiger partial charge is 0.479 e. The first kappa shape index (κ1) is 10.6. The Morgan fingerprint density at radius 3 is 2.75 bits per heavy atom. The molecule has 84 valence electrons. The quantitative estimate of drug-likeness (QED) is 0.800. The molecule has 1 aliphatic heterocycles. The Bertz CT molecular complexity index is 575. The maximum absolute atomic E-state index is 11.5. The van der Waals surface area contributed by atoms with E-state index in [9.17, 15) is 13.2 Å². The van der Waals surface area contributed by atoms with Crippen LogP contribution in [0.3, 0.4) is 0 Å². The first-order chi connectivity index (χ1) is 7.50. The minimum absolute atomic E-state index is 0.0374. The number of carbonyl (C=O) groups is 1. The summed E-state index contributed by atoms with van der Waals surface area (Å²) in [5.41, 5.74) is 0.295. The monoisotopic (exact) mass is 241 g/mol. The van der Waals surface area contributed by atoms with Crippen LogP contribution >= 0.6 is 0 Å². The average molecular weight is 241 g/mol. The van der Waals surface area contributed by atoms with Crippen molar-refractivity contribution in [2.45, 2.75) is 4.90 Å². The summed E-state index contributed by atoms with van der Waals surface area (Å²) in [7, 11) is -3.73. The topological polar surface area (TPSA) is 93.0 Å². The van der Waals surface area contributed by atoms with Gasteiger partial charge in [-0.25, -0.2) is 4.79 Å². The van der Waals surface area contributed by atoms with Crippen LogP contribution in [0.15, 0.2) is 33.6 Å². The van der Waals surface area contributed by atoms with Gasteiger partial charge in [-0.1, -0.05) is 12.1 Å². The molecule has 0 spiro atoms. The second-order valence-corrected chi connectivity index (χ2v) is 4.62. The van der Waals surface area contributed by atoms with E-state index in [2.05, 4.69) is 4.40 Å². The molecule has 1 heterocycles. The van der Waals surface area contributed by atoms with Crippen molar-refractivity contribution in [3.05, 3.63) is 29.8 Å². The molecule has 0 amide bonds. The van der Waals surface area contributed by atoms with Crippen LogP contribution in [-0.2, 0) is 19.6 Å². The third-order valence-corrected chi connectivity index (χ3v) is 3.25. The molecule has 0 radical (unpaired) electrons. The zero-order valence-electron chi connectivity index (χ0n) is 7.95. The summed E-state index contributed by atoms with van der Waals surface area (Å²) in [6.07, 6.45) is 0. The van der Waals surface area contributed by atoms with Gasteiger partial charge in [-0.15, -0.1) is 4.40 Å². The number of ether oxygens (including phenoxy) is 1. The van der Waals surface area contributed by atoms with Crippen molar-refractivity contribution in [2.24, 2.45) is 4.40 Å². The second-order valence-electron chi connectivity index (χ2n) is 3.05. The number of sulfonamides is 1. The molecule has 0 atom stereocenters. The Balaban J connectivity index is 2.39. The number of aliphatic carboxylic acids is 1. The Morgan fingerprint density at radius 2 is 2.06 bits per heavy atom. The zero-order valence-corrected chi connectivity index (χ0v) is 8.77. The molecule has 0 saturated heterocycles. The highest BCUT2D eigenvalue weighted by Crippen LogP contribution is 2.26. The molecule has 7 heteroatoms. The van der Waals surface area contributed by atoms with Gasteiger partial charge in [-0.2, -0.15) is 8.42 Å². The number of rotatable bonds is 2. The molecule has 1 aromatic carbocycles. The van der Waals surface area contributed by atoms with E-state index in [-0.39, 0.29) is 10.8 Å². The van der Waals surface area contributed by atoms with Crippen molar-refractivity contribution in [3.8, 4) is 0 Å². The molecular weight excluding hydrogens is 234 g/mol. The van der Waals surface area contributed by atoms with Crippen LogP contribution in [0.2, 0.25) is 0 Å². The van der Waals surface area contributed by atoms with Crippen molar-refractivity contribution in [1.82, 2.24) is 0 Å². The maximum Gasteiger partial charge on any atom is 0.341 e. The summed E-state index contributed by atoms with van der Waals surface area (Å²) in [5, 5.41) is 8.42. The summed E-state index contributed by atoms with van der Waals surface area (Å²) >= 11 is 0. The molecule has 0 unspecified atom stereocenters. The highest BCUT2D eigenvalue weighted by molar-refractivity contribution is 7.90. The van der Waals surface area contributed by atoms with Crippen molar-refractivity contribution in [1.29, 1.82) is 0 Å². The van der Waals surface area contributed by atoms with Gasteiger partial charge >= 0.3 is 5.97 Å². The Labute approximate surface area is 91.2 Å². The van der Waals surface area contributed by atoms with Gasteiger partial charge in [0.15, 0.2) is 6.61 Å². The molecule has 0 saturated carbocycles. The molecule has 16 heavy (non-hydrogen) atoms. The fourth-order valence-electron chi connectivity index (χ4n) is 1.31. The first-order valence-corrected chi connectivity index (χ1v) is 5.74. The summed E-state index contributed by atoms with van der Waals surface area (Å²) < 4.78 is 31.1. The SMILES string of the molecule is O=C(O)COC1=NS(=O)(=O)c2ccccc21. The third-order valence-electron chi connectivity index (χ3n) is 1.93. The van der Waals surface area contributed by atoms with Gasteiger partial charge in [-0.3, -0.25) is 0 Å². The van der Waals surface area contributed by atoms with E-state index in [0.29, 0.717) is 5.56 Å². The number of carboxylic acid groups (broad SMARTS) is 1. The summed E-state index contributed by atoms with van der Waals surface area (Å²) in [6, 6.07) is 6.09. The first-order valence-electron chi connectivity index (χ1n) is 4.30. The normalized spacial score (nSPS) is 16.4. The fourth-order valence-corrected chi connectivity index (χ4v) is 2.46. The summed E-state index contributed by atoms with van der Waals surface area (Å²) in [4.78, 5) is 10.3. The lowest BCUT2D eigenvalue weighted by Gasteiger charge is -2.01. The third kappa shape index (κ3) is 1.76. The predicted molar refractivity (Wildman–Crippen MR) is 53.8 cm³/mol. The van der Waals surface area contributed by atoms with Crippen molar-refractivity contribution in [3.63, 3.8) is 0 Å². The molecule has 2 rings (SSSR count). The second kappa shape index (κ2) is 3.60. The number of nitrogens with zero attached hydrogens (tertiary/aromatic N) is 1. The van der Waals surface area contributed by atoms with Crippen LogP contribution in [0.5, 0.6) is 0 Å². The smallest absolute Gasteiger partial charge is 0.341 e.